The number of aromatic amines is 2. The molecule has 0 atom stereocenters. The third-order valence-corrected chi connectivity index (χ3v) is 2.35. The predicted octanol–water partition coefficient (Wildman–Crippen LogP) is 0.370. The normalized spacial score (nSPS) is 10.2. The molecule has 0 radical (unpaired) electrons. The van der Waals surface area contributed by atoms with E-state index in [1.807, 2.05) is 0 Å². The Kier molecular flexibility index (Phi) is 3.04. The van der Waals surface area contributed by atoms with Gasteiger partial charge in [0.05, 0.1) is 11.8 Å². The SMILES string of the molecule is CN(Cc1cn[nH]c1)C(=O)c1ccc(=O)[nH]c1. The van der Waals surface area contributed by atoms with Crippen molar-refractivity contribution in [2.45, 2.75) is 6.54 Å². The van der Waals surface area contributed by atoms with E-state index in [4.69, 9.17) is 0 Å². The number of carbonyl (C=O) groups is 1. The van der Waals surface area contributed by atoms with Gasteiger partial charge in [0, 0.05) is 37.6 Å². The minimum absolute atomic E-state index is 0.151. The zero-order valence-corrected chi connectivity index (χ0v) is 9.30. The molecule has 0 bridgehead atoms. The number of hydrogen-bond donors (Lipinski definition) is 2. The summed E-state index contributed by atoms with van der Waals surface area (Å²) in [5.74, 6) is -0.151. The third-order valence-electron chi connectivity index (χ3n) is 2.35. The quantitative estimate of drug-likeness (QED) is 0.802. The topological polar surface area (TPSA) is 81.8 Å². The van der Waals surface area contributed by atoms with Crippen molar-refractivity contribution >= 4 is 5.91 Å². The molecule has 0 aliphatic heterocycles. The standard InChI is InChI=1S/C11H12N4O2/c1-15(7-8-4-13-14-5-8)11(17)9-2-3-10(16)12-6-9/h2-6H,7H2,1H3,(H,12,16)(H,13,14). The highest BCUT2D eigenvalue weighted by Crippen LogP contribution is 2.05. The minimum atomic E-state index is -0.223. The van der Waals surface area contributed by atoms with Crippen LogP contribution in [0, 0.1) is 0 Å². The lowest BCUT2D eigenvalue weighted by Gasteiger charge is -2.15. The molecule has 0 fully saturated rings. The van der Waals surface area contributed by atoms with Crippen LogP contribution in [-0.2, 0) is 6.54 Å². The van der Waals surface area contributed by atoms with Crippen molar-refractivity contribution < 1.29 is 4.79 Å². The monoisotopic (exact) mass is 232 g/mol. The first-order chi connectivity index (χ1) is 8.16. The molecule has 0 saturated carbocycles. The smallest absolute Gasteiger partial charge is 0.255 e. The molecule has 2 N–H and O–H groups in total. The van der Waals surface area contributed by atoms with Crippen LogP contribution in [-0.4, -0.2) is 33.0 Å². The van der Waals surface area contributed by atoms with Crippen molar-refractivity contribution in [2.24, 2.45) is 0 Å². The summed E-state index contributed by atoms with van der Waals surface area (Å²) in [6.45, 7) is 0.467. The summed E-state index contributed by atoms with van der Waals surface area (Å²) in [6, 6.07) is 2.84. The van der Waals surface area contributed by atoms with Crippen LogP contribution in [0.4, 0.5) is 0 Å². The number of aromatic nitrogens is 3. The van der Waals surface area contributed by atoms with E-state index < -0.39 is 0 Å². The molecule has 1 amide bonds. The molecule has 88 valence electrons. The number of nitrogens with one attached hydrogen (secondary N) is 2. The van der Waals surface area contributed by atoms with Crippen LogP contribution in [0.3, 0.4) is 0 Å². The second kappa shape index (κ2) is 4.65. The molecule has 0 unspecified atom stereocenters. The molecule has 0 aliphatic carbocycles. The number of hydrogen-bond acceptors (Lipinski definition) is 3. The average Bonchev–Trinajstić information content (AvgIpc) is 2.82. The van der Waals surface area contributed by atoms with Crippen LogP contribution in [0.25, 0.3) is 0 Å². The Morgan fingerprint density at radius 3 is 2.82 bits per heavy atom. The molecule has 6 heteroatoms. The van der Waals surface area contributed by atoms with Gasteiger partial charge >= 0.3 is 0 Å². The summed E-state index contributed by atoms with van der Waals surface area (Å²) >= 11 is 0. The summed E-state index contributed by atoms with van der Waals surface area (Å²) in [6.07, 6.45) is 4.81. The van der Waals surface area contributed by atoms with Crippen molar-refractivity contribution in [2.75, 3.05) is 7.05 Å². The number of amides is 1. The van der Waals surface area contributed by atoms with Gasteiger partial charge in [0.15, 0.2) is 0 Å². The molecule has 6 nitrogen and oxygen atoms in total. The molecule has 17 heavy (non-hydrogen) atoms. The molecule has 0 aromatic carbocycles. The van der Waals surface area contributed by atoms with Crippen LogP contribution >= 0.6 is 0 Å². The maximum atomic E-state index is 12.0. The Balaban J connectivity index is 2.09. The number of carbonyl (C=O) groups excluding carboxylic acids is 1. The Bertz CT molecular complexity index is 539. The molecule has 0 spiro atoms. The van der Waals surface area contributed by atoms with Gasteiger partial charge in [-0.1, -0.05) is 0 Å². The Morgan fingerprint density at radius 1 is 1.41 bits per heavy atom. The first-order valence-electron chi connectivity index (χ1n) is 5.08. The van der Waals surface area contributed by atoms with Gasteiger partial charge in [-0.15, -0.1) is 0 Å². The van der Waals surface area contributed by atoms with Crippen molar-refractivity contribution in [3.05, 3.63) is 52.2 Å². The van der Waals surface area contributed by atoms with Crippen LogP contribution in [0.15, 0.2) is 35.5 Å². The Hall–Kier alpha value is -2.37. The van der Waals surface area contributed by atoms with Crippen LogP contribution < -0.4 is 5.56 Å². The van der Waals surface area contributed by atoms with E-state index in [2.05, 4.69) is 15.2 Å². The van der Waals surface area contributed by atoms with Crippen molar-refractivity contribution in [3.8, 4) is 0 Å². The van der Waals surface area contributed by atoms with Crippen molar-refractivity contribution in [3.63, 3.8) is 0 Å². The lowest BCUT2D eigenvalue weighted by atomic mass is 10.2. The largest absolute Gasteiger partial charge is 0.337 e. The maximum Gasteiger partial charge on any atom is 0.255 e. The molecular formula is C11H12N4O2. The van der Waals surface area contributed by atoms with E-state index in [1.165, 1.54) is 18.3 Å². The van der Waals surface area contributed by atoms with E-state index in [0.717, 1.165) is 5.56 Å². The maximum absolute atomic E-state index is 12.0. The van der Waals surface area contributed by atoms with Crippen LogP contribution in [0.1, 0.15) is 15.9 Å². The van der Waals surface area contributed by atoms with E-state index >= 15 is 0 Å². The van der Waals surface area contributed by atoms with Gasteiger partial charge < -0.3 is 9.88 Å². The molecule has 2 rings (SSSR count). The zero-order chi connectivity index (χ0) is 12.3. The molecule has 2 aromatic rings. The van der Waals surface area contributed by atoms with Gasteiger partial charge in [-0.3, -0.25) is 14.7 Å². The number of nitrogens with zero attached hydrogens (tertiary/aromatic N) is 2. The fourth-order valence-corrected chi connectivity index (χ4v) is 1.47. The van der Waals surface area contributed by atoms with Gasteiger partial charge in [-0.25, -0.2) is 0 Å². The predicted molar refractivity (Wildman–Crippen MR) is 61.4 cm³/mol. The number of pyridine rings is 1. The van der Waals surface area contributed by atoms with Crippen molar-refractivity contribution in [1.29, 1.82) is 0 Å². The summed E-state index contributed by atoms with van der Waals surface area (Å²) in [5, 5.41) is 6.49. The fourth-order valence-electron chi connectivity index (χ4n) is 1.47. The van der Waals surface area contributed by atoms with Gasteiger partial charge in [-0.05, 0) is 6.07 Å². The first-order valence-corrected chi connectivity index (χ1v) is 5.08. The fraction of sp³-hybridized carbons (Fsp3) is 0.182. The van der Waals surface area contributed by atoms with Crippen LogP contribution in [0.2, 0.25) is 0 Å². The molecular weight excluding hydrogens is 220 g/mol. The van der Waals surface area contributed by atoms with Gasteiger partial charge in [0.1, 0.15) is 0 Å². The molecule has 2 heterocycles. The highest BCUT2D eigenvalue weighted by molar-refractivity contribution is 5.93. The summed E-state index contributed by atoms with van der Waals surface area (Å²) in [7, 11) is 1.69. The lowest BCUT2D eigenvalue weighted by molar-refractivity contribution is 0.0784. The van der Waals surface area contributed by atoms with Crippen LogP contribution in [0.5, 0.6) is 0 Å². The molecule has 2 aromatic heterocycles. The first kappa shape index (κ1) is 11.1. The third kappa shape index (κ3) is 2.60. The molecule has 0 aliphatic rings. The van der Waals surface area contributed by atoms with E-state index in [9.17, 15) is 9.59 Å². The molecule has 0 saturated heterocycles. The second-order valence-electron chi connectivity index (χ2n) is 3.71. The van der Waals surface area contributed by atoms with Gasteiger partial charge in [0.2, 0.25) is 5.56 Å². The summed E-state index contributed by atoms with van der Waals surface area (Å²) in [5.41, 5.74) is 1.15. The highest BCUT2D eigenvalue weighted by Gasteiger charge is 2.12. The number of H-pyrrole nitrogens is 2. The van der Waals surface area contributed by atoms with E-state index in [-0.39, 0.29) is 11.5 Å². The van der Waals surface area contributed by atoms with Crippen molar-refractivity contribution in [1.82, 2.24) is 20.1 Å². The van der Waals surface area contributed by atoms with E-state index in [0.29, 0.717) is 12.1 Å². The number of rotatable bonds is 3. The second-order valence-corrected chi connectivity index (χ2v) is 3.71. The lowest BCUT2D eigenvalue weighted by Crippen LogP contribution is -2.26. The zero-order valence-electron chi connectivity index (χ0n) is 9.30. The Morgan fingerprint density at radius 2 is 2.24 bits per heavy atom. The highest BCUT2D eigenvalue weighted by atomic mass is 16.2. The summed E-state index contributed by atoms with van der Waals surface area (Å²) < 4.78 is 0. The van der Waals surface area contributed by atoms with Gasteiger partial charge in [0.25, 0.3) is 5.91 Å². The van der Waals surface area contributed by atoms with E-state index in [1.54, 1.807) is 24.3 Å². The van der Waals surface area contributed by atoms with Gasteiger partial charge in [-0.2, -0.15) is 5.10 Å². The Labute approximate surface area is 97.3 Å². The average molecular weight is 232 g/mol. The summed E-state index contributed by atoms with van der Waals surface area (Å²) in [4.78, 5) is 26.9. The minimum Gasteiger partial charge on any atom is -0.337 e.